The summed E-state index contributed by atoms with van der Waals surface area (Å²) >= 11 is 0. The third-order valence-electron chi connectivity index (χ3n) is 2.32. The summed E-state index contributed by atoms with van der Waals surface area (Å²) in [5.41, 5.74) is 7.19. The van der Waals surface area contributed by atoms with Crippen LogP contribution in [0.25, 0.3) is 5.52 Å². The first-order valence-corrected chi connectivity index (χ1v) is 4.70. The number of hydrogen-bond acceptors (Lipinski definition) is 3. The molecular formula is C10H12N4O. The van der Waals surface area contributed by atoms with Gasteiger partial charge in [0.05, 0.1) is 11.7 Å². The Bertz CT molecular complexity index is 515. The van der Waals surface area contributed by atoms with Gasteiger partial charge in [0.1, 0.15) is 5.82 Å². The molecule has 2 aromatic heterocycles. The molecule has 0 fully saturated rings. The number of oxime groups is 1. The fourth-order valence-electron chi connectivity index (χ4n) is 1.51. The number of aryl methyl sites for hydroxylation is 1. The molecule has 0 amide bonds. The van der Waals surface area contributed by atoms with Crippen LogP contribution in [0.2, 0.25) is 0 Å². The lowest BCUT2D eigenvalue weighted by atomic mass is 10.2. The van der Waals surface area contributed by atoms with Crippen LogP contribution < -0.4 is 5.73 Å². The molecule has 0 aliphatic heterocycles. The smallest absolute Gasteiger partial charge is 0.171 e. The van der Waals surface area contributed by atoms with E-state index in [1.165, 1.54) is 0 Å². The summed E-state index contributed by atoms with van der Waals surface area (Å²) in [7, 11) is 0. The van der Waals surface area contributed by atoms with E-state index in [1.54, 1.807) is 12.3 Å². The van der Waals surface area contributed by atoms with E-state index in [1.807, 2.05) is 23.6 Å². The first-order chi connectivity index (χ1) is 7.26. The van der Waals surface area contributed by atoms with Crippen LogP contribution in [0, 0.1) is 0 Å². The summed E-state index contributed by atoms with van der Waals surface area (Å²) in [5, 5.41) is 11.5. The van der Waals surface area contributed by atoms with Gasteiger partial charge in [-0.3, -0.25) is 0 Å². The topological polar surface area (TPSA) is 75.9 Å². The van der Waals surface area contributed by atoms with Crippen molar-refractivity contribution in [2.24, 2.45) is 10.9 Å². The highest BCUT2D eigenvalue weighted by molar-refractivity contribution is 5.97. The summed E-state index contributed by atoms with van der Waals surface area (Å²) in [6.45, 7) is 2.03. The van der Waals surface area contributed by atoms with Crippen LogP contribution in [0.4, 0.5) is 0 Å². The van der Waals surface area contributed by atoms with Gasteiger partial charge in [-0.1, -0.05) is 12.1 Å². The number of pyridine rings is 1. The van der Waals surface area contributed by atoms with Gasteiger partial charge < -0.3 is 15.3 Å². The van der Waals surface area contributed by atoms with Crippen LogP contribution in [-0.4, -0.2) is 20.4 Å². The highest BCUT2D eigenvalue weighted by atomic mass is 16.4. The van der Waals surface area contributed by atoms with Gasteiger partial charge in [0.15, 0.2) is 5.84 Å². The number of amidine groups is 1. The Morgan fingerprint density at radius 2 is 2.40 bits per heavy atom. The monoisotopic (exact) mass is 204 g/mol. The molecular weight excluding hydrogens is 192 g/mol. The molecule has 2 aromatic rings. The van der Waals surface area contributed by atoms with Crippen LogP contribution in [-0.2, 0) is 6.42 Å². The molecule has 0 saturated carbocycles. The van der Waals surface area contributed by atoms with E-state index < -0.39 is 0 Å². The molecule has 0 radical (unpaired) electrons. The predicted octanol–water partition coefficient (Wildman–Crippen LogP) is 0.991. The maximum atomic E-state index is 8.58. The van der Waals surface area contributed by atoms with E-state index in [4.69, 9.17) is 10.9 Å². The number of aromatic nitrogens is 2. The Morgan fingerprint density at radius 3 is 3.07 bits per heavy atom. The molecule has 3 N–H and O–H groups in total. The van der Waals surface area contributed by atoms with Crippen molar-refractivity contribution in [2.75, 3.05) is 0 Å². The molecule has 15 heavy (non-hydrogen) atoms. The number of imidazole rings is 1. The molecule has 5 nitrogen and oxygen atoms in total. The van der Waals surface area contributed by atoms with E-state index in [9.17, 15) is 0 Å². The van der Waals surface area contributed by atoms with Gasteiger partial charge in [-0.2, -0.15) is 0 Å². The van der Waals surface area contributed by atoms with Crippen molar-refractivity contribution in [3.63, 3.8) is 0 Å². The quantitative estimate of drug-likeness (QED) is 0.331. The molecule has 2 rings (SSSR count). The Labute approximate surface area is 86.8 Å². The second kappa shape index (κ2) is 3.61. The molecule has 78 valence electrons. The summed E-state index contributed by atoms with van der Waals surface area (Å²) in [5.74, 6) is 1.06. The van der Waals surface area contributed by atoms with Crippen molar-refractivity contribution in [1.82, 2.24) is 9.38 Å². The SMILES string of the molecule is CCc1ncc2ccc(/C(N)=N\O)cn12. The Morgan fingerprint density at radius 1 is 1.60 bits per heavy atom. The third kappa shape index (κ3) is 1.52. The first kappa shape index (κ1) is 9.51. The summed E-state index contributed by atoms with van der Waals surface area (Å²) in [6.07, 6.45) is 4.46. The minimum Gasteiger partial charge on any atom is -0.409 e. The van der Waals surface area contributed by atoms with Crippen molar-refractivity contribution in [3.05, 3.63) is 35.9 Å². The van der Waals surface area contributed by atoms with Gasteiger partial charge in [0.25, 0.3) is 0 Å². The highest BCUT2D eigenvalue weighted by Gasteiger charge is 2.04. The highest BCUT2D eigenvalue weighted by Crippen LogP contribution is 2.09. The second-order valence-electron chi connectivity index (χ2n) is 3.23. The molecule has 0 spiro atoms. The molecule has 0 bridgehead atoms. The summed E-state index contributed by atoms with van der Waals surface area (Å²) in [4.78, 5) is 4.26. The Kier molecular flexibility index (Phi) is 2.29. The second-order valence-corrected chi connectivity index (χ2v) is 3.23. The van der Waals surface area contributed by atoms with Crippen LogP contribution in [0.15, 0.2) is 29.7 Å². The van der Waals surface area contributed by atoms with Gasteiger partial charge in [-0.05, 0) is 12.1 Å². The number of rotatable bonds is 2. The van der Waals surface area contributed by atoms with E-state index >= 15 is 0 Å². The fourth-order valence-corrected chi connectivity index (χ4v) is 1.51. The van der Waals surface area contributed by atoms with Crippen LogP contribution in [0.1, 0.15) is 18.3 Å². The standard InChI is InChI=1S/C10H12N4O/c1-2-9-12-5-8-4-3-7(6-14(8)9)10(11)13-15/h3-6,15H,2H2,1H3,(H2,11,13). The third-order valence-corrected chi connectivity index (χ3v) is 2.32. The first-order valence-electron chi connectivity index (χ1n) is 4.70. The number of fused-ring (bicyclic) bond motifs is 1. The lowest BCUT2D eigenvalue weighted by Crippen LogP contribution is -2.13. The fraction of sp³-hybridized carbons (Fsp3) is 0.200. The van der Waals surface area contributed by atoms with E-state index in [-0.39, 0.29) is 5.84 Å². The van der Waals surface area contributed by atoms with Gasteiger partial charge >= 0.3 is 0 Å². The lowest BCUT2D eigenvalue weighted by Gasteiger charge is -2.02. The van der Waals surface area contributed by atoms with Crippen molar-refractivity contribution >= 4 is 11.4 Å². The molecule has 0 saturated heterocycles. The van der Waals surface area contributed by atoms with Gasteiger partial charge in [0.2, 0.25) is 0 Å². The average Bonchev–Trinajstić information content (AvgIpc) is 2.69. The molecule has 0 unspecified atom stereocenters. The van der Waals surface area contributed by atoms with Crippen molar-refractivity contribution in [3.8, 4) is 0 Å². The molecule has 0 aliphatic carbocycles. The summed E-state index contributed by atoms with van der Waals surface area (Å²) < 4.78 is 1.94. The zero-order valence-corrected chi connectivity index (χ0v) is 8.38. The van der Waals surface area contributed by atoms with Crippen molar-refractivity contribution < 1.29 is 5.21 Å². The van der Waals surface area contributed by atoms with E-state index in [0.717, 1.165) is 17.8 Å². The number of nitrogens with two attached hydrogens (primary N) is 1. The van der Waals surface area contributed by atoms with Gasteiger partial charge in [-0.15, -0.1) is 0 Å². The maximum Gasteiger partial charge on any atom is 0.171 e. The van der Waals surface area contributed by atoms with E-state index in [2.05, 4.69) is 10.1 Å². The van der Waals surface area contributed by atoms with Crippen LogP contribution in [0.5, 0.6) is 0 Å². The van der Waals surface area contributed by atoms with Crippen LogP contribution >= 0.6 is 0 Å². The lowest BCUT2D eigenvalue weighted by molar-refractivity contribution is 0.318. The normalized spacial score (nSPS) is 12.2. The van der Waals surface area contributed by atoms with Gasteiger partial charge in [-0.25, -0.2) is 4.98 Å². The zero-order chi connectivity index (χ0) is 10.8. The van der Waals surface area contributed by atoms with E-state index in [0.29, 0.717) is 5.56 Å². The minimum atomic E-state index is 0.104. The minimum absolute atomic E-state index is 0.104. The molecule has 0 aromatic carbocycles. The summed E-state index contributed by atoms with van der Waals surface area (Å²) in [6, 6.07) is 3.69. The molecule has 2 heterocycles. The number of nitrogens with zero attached hydrogens (tertiary/aromatic N) is 3. The predicted molar refractivity (Wildman–Crippen MR) is 57.1 cm³/mol. The van der Waals surface area contributed by atoms with Crippen molar-refractivity contribution in [2.45, 2.75) is 13.3 Å². The Hall–Kier alpha value is -2.04. The molecule has 5 heteroatoms. The zero-order valence-electron chi connectivity index (χ0n) is 8.38. The Balaban J connectivity index is 2.62. The van der Waals surface area contributed by atoms with Crippen molar-refractivity contribution in [1.29, 1.82) is 0 Å². The number of hydrogen-bond donors (Lipinski definition) is 2. The largest absolute Gasteiger partial charge is 0.409 e. The van der Waals surface area contributed by atoms with Crippen LogP contribution in [0.3, 0.4) is 0 Å². The van der Waals surface area contributed by atoms with Gasteiger partial charge in [0, 0.05) is 18.2 Å². The molecule has 0 atom stereocenters. The average molecular weight is 204 g/mol. The maximum absolute atomic E-state index is 8.58. The molecule has 0 aliphatic rings.